The number of nitrogens with zero attached hydrogens (tertiary/aromatic N) is 3. The van der Waals surface area contributed by atoms with E-state index in [-0.39, 0.29) is 11.7 Å². The number of hydrogen-bond donors (Lipinski definition) is 1. The molecule has 1 aliphatic heterocycles. The summed E-state index contributed by atoms with van der Waals surface area (Å²) in [6.45, 7) is 1.57. The Balaban J connectivity index is 2.38. The third kappa shape index (κ3) is 2.76. The highest BCUT2D eigenvalue weighted by Gasteiger charge is 2.31. The van der Waals surface area contributed by atoms with Crippen LogP contribution in [0.2, 0.25) is 0 Å². The van der Waals surface area contributed by atoms with E-state index in [1.165, 1.54) is 19.2 Å². The first-order valence-corrected chi connectivity index (χ1v) is 6.28. The maximum absolute atomic E-state index is 11.1. The Kier molecular flexibility index (Phi) is 4.16. The molecule has 0 radical (unpaired) electrons. The molecule has 1 unspecified atom stereocenters. The second-order valence-electron chi connectivity index (χ2n) is 4.50. The van der Waals surface area contributed by atoms with Crippen LogP contribution in [0.25, 0.3) is 0 Å². The molecule has 0 aliphatic carbocycles. The molecule has 1 N–H and O–H groups in total. The van der Waals surface area contributed by atoms with E-state index in [9.17, 15) is 10.1 Å². The molecule has 1 atom stereocenters. The minimum Gasteiger partial charge on any atom is -0.481 e. The van der Waals surface area contributed by atoms with Crippen molar-refractivity contribution in [1.29, 1.82) is 0 Å². The predicted octanol–water partition coefficient (Wildman–Crippen LogP) is 1.19. The number of rotatable bonds is 5. The molecule has 7 nitrogen and oxygen atoms in total. The normalized spacial score (nSPS) is 18.6. The summed E-state index contributed by atoms with van der Waals surface area (Å²) in [5, 5.41) is 14.2. The lowest BCUT2D eigenvalue weighted by atomic mass is 10.2. The molecule has 7 heteroatoms. The van der Waals surface area contributed by atoms with Crippen molar-refractivity contribution in [3.8, 4) is 5.88 Å². The van der Waals surface area contributed by atoms with E-state index in [0.717, 1.165) is 25.9 Å². The molecule has 0 amide bonds. The van der Waals surface area contributed by atoms with Gasteiger partial charge in [0, 0.05) is 31.3 Å². The Morgan fingerprint density at radius 1 is 1.63 bits per heavy atom. The van der Waals surface area contributed by atoms with E-state index in [4.69, 9.17) is 4.74 Å². The van der Waals surface area contributed by atoms with Crippen LogP contribution < -0.4 is 15.0 Å². The van der Waals surface area contributed by atoms with Crippen molar-refractivity contribution < 1.29 is 9.66 Å². The Morgan fingerprint density at radius 3 is 3.05 bits per heavy atom. The molecular formula is C12H18N4O3. The van der Waals surface area contributed by atoms with Gasteiger partial charge < -0.3 is 15.0 Å². The largest absolute Gasteiger partial charge is 0.481 e. The standard InChI is InChI=1S/C12H18N4O3/c1-13-8-9-4-3-7-15(9)12-10(16(17)18)5-6-11(14-12)19-2/h5-6,9,13H,3-4,7-8H2,1-2H3. The first-order valence-electron chi connectivity index (χ1n) is 6.28. The van der Waals surface area contributed by atoms with Gasteiger partial charge in [-0.25, -0.2) is 0 Å². The van der Waals surface area contributed by atoms with E-state index >= 15 is 0 Å². The van der Waals surface area contributed by atoms with Crippen LogP contribution in [0.4, 0.5) is 11.5 Å². The molecule has 19 heavy (non-hydrogen) atoms. The number of likely N-dealkylation sites (N-methyl/N-ethyl adjacent to an activating group) is 1. The fraction of sp³-hybridized carbons (Fsp3) is 0.583. The van der Waals surface area contributed by atoms with Gasteiger partial charge in [-0.05, 0) is 19.9 Å². The van der Waals surface area contributed by atoms with Crippen LogP contribution in [0.5, 0.6) is 5.88 Å². The lowest BCUT2D eigenvalue weighted by molar-refractivity contribution is -0.384. The summed E-state index contributed by atoms with van der Waals surface area (Å²) >= 11 is 0. The number of pyridine rings is 1. The van der Waals surface area contributed by atoms with Crippen LogP contribution in [-0.2, 0) is 0 Å². The molecule has 104 valence electrons. The smallest absolute Gasteiger partial charge is 0.311 e. The molecular weight excluding hydrogens is 248 g/mol. The maximum Gasteiger partial charge on any atom is 0.311 e. The highest BCUT2D eigenvalue weighted by atomic mass is 16.6. The van der Waals surface area contributed by atoms with Gasteiger partial charge in [-0.15, -0.1) is 0 Å². The Bertz CT molecular complexity index is 466. The zero-order valence-corrected chi connectivity index (χ0v) is 11.1. The SMILES string of the molecule is CNCC1CCCN1c1nc(OC)ccc1[N+](=O)[O-]. The third-order valence-corrected chi connectivity index (χ3v) is 3.32. The summed E-state index contributed by atoms with van der Waals surface area (Å²) in [6.07, 6.45) is 2.03. The third-order valence-electron chi connectivity index (χ3n) is 3.32. The van der Waals surface area contributed by atoms with Crippen LogP contribution >= 0.6 is 0 Å². The number of nitro groups is 1. The number of hydrogen-bond acceptors (Lipinski definition) is 6. The lowest BCUT2D eigenvalue weighted by Gasteiger charge is -2.25. The minimum atomic E-state index is -0.392. The van der Waals surface area contributed by atoms with Crippen molar-refractivity contribution in [3.63, 3.8) is 0 Å². The summed E-state index contributed by atoms with van der Waals surface area (Å²) in [6, 6.07) is 3.21. The molecule has 1 aromatic rings. The van der Waals surface area contributed by atoms with Crippen molar-refractivity contribution >= 4 is 11.5 Å². The number of nitrogens with one attached hydrogen (secondary N) is 1. The van der Waals surface area contributed by atoms with Gasteiger partial charge in [-0.3, -0.25) is 10.1 Å². The molecule has 2 heterocycles. The van der Waals surface area contributed by atoms with Gasteiger partial charge in [0.2, 0.25) is 11.7 Å². The van der Waals surface area contributed by atoms with Crippen molar-refractivity contribution in [3.05, 3.63) is 22.2 Å². The van der Waals surface area contributed by atoms with Crippen LogP contribution in [0.1, 0.15) is 12.8 Å². The van der Waals surface area contributed by atoms with Gasteiger partial charge in [-0.2, -0.15) is 4.98 Å². The molecule has 0 bridgehead atoms. The second-order valence-corrected chi connectivity index (χ2v) is 4.50. The lowest BCUT2D eigenvalue weighted by Crippen LogP contribution is -2.37. The van der Waals surface area contributed by atoms with Crippen molar-refractivity contribution in [2.75, 3.05) is 32.1 Å². The van der Waals surface area contributed by atoms with E-state index in [2.05, 4.69) is 10.3 Å². The Hall–Kier alpha value is -1.89. The Labute approximate surface area is 111 Å². The fourth-order valence-corrected chi connectivity index (χ4v) is 2.45. The van der Waals surface area contributed by atoms with Gasteiger partial charge in [0.25, 0.3) is 0 Å². The minimum absolute atomic E-state index is 0.0313. The monoisotopic (exact) mass is 266 g/mol. The highest BCUT2D eigenvalue weighted by molar-refractivity contribution is 5.60. The molecule has 0 spiro atoms. The zero-order valence-electron chi connectivity index (χ0n) is 11.1. The molecule has 0 saturated carbocycles. The average Bonchev–Trinajstić information content (AvgIpc) is 2.86. The van der Waals surface area contributed by atoms with Gasteiger partial charge in [0.15, 0.2) is 0 Å². The van der Waals surface area contributed by atoms with E-state index < -0.39 is 4.92 Å². The van der Waals surface area contributed by atoms with Gasteiger partial charge >= 0.3 is 5.69 Å². The predicted molar refractivity (Wildman–Crippen MR) is 71.7 cm³/mol. The van der Waals surface area contributed by atoms with E-state index in [1.54, 1.807) is 0 Å². The second kappa shape index (κ2) is 5.83. The van der Waals surface area contributed by atoms with E-state index in [0.29, 0.717) is 11.7 Å². The number of ether oxygens (including phenoxy) is 1. The average molecular weight is 266 g/mol. The zero-order chi connectivity index (χ0) is 13.8. The number of anilines is 1. The quantitative estimate of drug-likeness (QED) is 0.637. The van der Waals surface area contributed by atoms with Crippen molar-refractivity contribution in [2.24, 2.45) is 0 Å². The first-order chi connectivity index (χ1) is 9.17. The molecule has 2 rings (SSSR count). The molecule has 1 aromatic heterocycles. The summed E-state index contributed by atoms with van der Waals surface area (Å²) in [7, 11) is 3.39. The van der Waals surface area contributed by atoms with Crippen LogP contribution in [0.15, 0.2) is 12.1 Å². The topological polar surface area (TPSA) is 80.5 Å². The van der Waals surface area contributed by atoms with Gasteiger partial charge in [-0.1, -0.05) is 0 Å². The fourth-order valence-electron chi connectivity index (χ4n) is 2.45. The molecule has 1 aliphatic rings. The summed E-state index contributed by atoms with van der Waals surface area (Å²) in [5.41, 5.74) is 0.0313. The Morgan fingerprint density at radius 2 is 2.42 bits per heavy atom. The number of methoxy groups -OCH3 is 1. The van der Waals surface area contributed by atoms with Crippen molar-refractivity contribution in [2.45, 2.75) is 18.9 Å². The number of aromatic nitrogens is 1. The maximum atomic E-state index is 11.1. The summed E-state index contributed by atoms with van der Waals surface area (Å²) in [5.74, 6) is 0.804. The summed E-state index contributed by atoms with van der Waals surface area (Å²) in [4.78, 5) is 17.0. The highest BCUT2D eigenvalue weighted by Crippen LogP contribution is 2.33. The molecule has 0 aromatic carbocycles. The van der Waals surface area contributed by atoms with Crippen LogP contribution in [0.3, 0.4) is 0 Å². The van der Waals surface area contributed by atoms with Crippen LogP contribution in [-0.4, -0.2) is 43.2 Å². The van der Waals surface area contributed by atoms with Gasteiger partial charge in [0.1, 0.15) is 0 Å². The van der Waals surface area contributed by atoms with Crippen molar-refractivity contribution in [1.82, 2.24) is 10.3 Å². The first kappa shape index (κ1) is 13.5. The molecule has 1 saturated heterocycles. The summed E-state index contributed by atoms with van der Waals surface area (Å²) < 4.78 is 5.07. The van der Waals surface area contributed by atoms with Gasteiger partial charge in [0.05, 0.1) is 12.0 Å². The van der Waals surface area contributed by atoms with Crippen LogP contribution in [0, 0.1) is 10.1 Å². The molecule has 1 fully saturated rings. The van der Waals surface area contributed by atoms with E-state index in [1.807, 2.05) is 11.9 Å².